The lowest BCUT2D eigenvalue weighted by atomic mass is 9.93. The van der Waals surface area contributed by atoms with Gasteiger partial charge in [-0.05, 0) is 98.6 Å². The van der Waals surface area contributed by atoms with Crippen molar-refractivity contribution in [3.8, 4) is 55.6 Å². The average Bonchev–Trinajstić information content (AvgIpc) is 3.67. The second kappa shape index (κ2) is 14.7. The molecule has 56 heavy (non-hydrogen) atoms. The van der Waals surface area contributed by atoms with Crippen LogP contribution in [0.25, 0.3) is 75.8 Å². The number of rotatable bonds is 8. The van der Waals surface area contributed by atoms with E-state index >= 15 is 0 Å². The second-order valence-corrected chi connectivity index (χ2v) is 15.2. The van der Waals surface area contributed by atoms with Crippen LogP contribution in [0.15, 0.2) is 224 Å². The van der Waals surface area contributed by atoms with E-state index < -0.39 is 0 Å². The molecule has 0 saturated carbocycles. The van der Waals surface area contributed by atoms with Crippen molar-refractivity contribution in [1.82, 2.24) is 0 Å². The highest BCUT2D eigenvalue weighted by molar-refractivity contribution is 7.26. The van der Waals surface area contributed by atoms with Crippen LogP contribution >= 0.6 is 11.3 Å². The minimum absolute atomic E-state index is 1.10. The highest BCUT2D eigenvalue weighted by atomic mass is 32.1. The molecule has 0 aliphatic rings. The molecule has 0 radical (unpaired) electrons. The van der Waals surface area contributed by atoms with Crippen LogP contribution in [-0.4, -0.2) is 0 Å². The minimum Gasteiger partial charge on any atom is -0.311 e. The fourth-order valence-electron chi connectivity index (χ4n) is 7.91. The molecule has 10 rings (SSSR count). The predicted molar refractivity (Wildman–Crippen MR) is 241 cm³/mol. The Balaban J connectivity index is 1.03. The van der Waals surface area contributed by atoms with Crippen LogP contribution < -0.4 is 4.90 Å². The van der Waals surface area contributed by atoms with E-state index in [0.717, 1.165) is 17.1 Å². The van der Waals surface area contributed by atoms with E-state index in [1.165, 1.54) is 75.8 Å². The molecule has 1 aromatic heterocycles. The van der Waals surface area contributed by atoms with Crippen LogP contribution in [0.2, 0.25) is 0 Å². The molecule has 1 heterocycles. The molecule has 0 unspecified atom stereocenters. The van der Waals surface area contributed by atoms with E-state index in [0.29, 0.717) is 0 Å². The monoisotopic (exact) mass is 731 g/mol. The molecule has 0 amide bonds. The molecule has 0 bridgehead atoms. The number of hydrogen-bond donors (Lipinski definition) is 0. The highest BCUT2D eigenvalue weighted by Gasteiger charge is 2.17. The van der Waals surface area contributed by atoms with Gasteiger partial charge < -0.3 is 4.90 Å². The number of nitrogens with zero attached hydrogens (tertiary/aromatic N) is 1. The van der Waals surface area contributed by atoms with Crippen molar-refractivity contribution in [3.63, 3.8) is 0 Å². The molecule has 0 aliphatic carbocycles. The summed E-state index contributed by atoms with van der Waals surface area (Å²) in [5.41, 5.74) is 15.5. The average molecular weight is 732 g/mol. The van der Waals surface area contributed by atoms with Gasteiger partial charge in [-0.25, -0.2) is 0 Å². The molecule has 10 aromatic rings. The molecule has 1 nitrogen and oxygen atoms in total. The van der Waals surface area contributed by atoms with E-state index in [1.807, 2.05) is 11.3 Å². The van der Waals surface area contributed by atoms with Gasteiger partial charge in [0.25, 0.3) is 0 Å². The van der Waals surface area contributed by atoms with Crippen molar-refractivity contribution in [1.29, 1.82) is 0 Å². The summed E-state index contributed by atoms with van der Waals surface area (Å²) in [7, 11) is 0. The Hall–Kier alpha value is -7.00. The maximum absolute atomic E-state index is 2.35. The van der Waals surface area contributed by atoms with Crippen LogP contribution in [0.1, 0.15) is 0 Å². The van der Waals surface area contributed by atoms with Gasteiger partial charge in [0, 0.05) is 42.8 Å². The fraction of sp³-hybridized carbons (Fsp3) is 0. The lowest BCUT2D eigenvalue weighted by Crippen LogP contribution is -2.09. The molecular formula is C54H37NS. The van der Waals surface area contributed by atoms with E-state index in [1.54, 1.807) is 0 Å². The smallest absolute Gasteiger partial charge is 0.0462 e. The van der Waals surface area contributed by atoms with Crippen molar-refractivity contribution in [3.05, 3.63) is 224 Å². The largest absolute Gasteiger partial charge is 0.311 e. The fourth-order valence-corrected chi connectivity index (χ4v) is 9.14. The van der Waals surface area contributed by atoms with Crippen LogP contribution in [0.3, 0.4) is 0 Å². The van der Waals surface area contributed by atoms with E-state index in [9.17, 15) is 0 Å². The summed E-state index contributed by atoms with van der Waals surface area (Å²) in [6.07, 6.45) is 0. The molecule has 0 fully saturated rings. The summed E-state index contributed by atoms with van der Waals surface area (Å²) in [6, 6.07) is 81.2. The van der Waals surface area contributed by atoms with Crippen molar-refractivity contribution in [2.24, 2.45) is 0 Å². The molecule has 0 spiro atoms. The molecule has 264 valence electrons. The van der Waals surface area contributed by atoms with Crippen LogP contribution in [0.5, 0.6) is 0 Å². The van der Waals surface area contributed by atoms with Gasteiger partial charge in [-0.2, -0.15) is 0 Å². The number of hydrogen-bond acceptors (Lipinski definition) is 2. The van der Waals surface area contributed by atoms with E-state index in [4.69, 9.17) is 0 Å². The summed E-state index contributed by atoms with van der Waals surface area (Å²) < 4.78 is 2.65. The summed E-state index contributed by atoms with van der Waals surface area (Å²) >= 11 is 1.88. The van der Waals surface area contributed by atoms with Crippen molar-refractivity contribution < 1.29 is 0 Å². The Morgan fingerprint density at radius 3 is 1.30 bits per heavy atom. The first kappa shape index (κ1) is 33.6. The molecule has 0 saturated heterocycles. The van der Waals surface area contributed by atoms with Crippen LogP contribution in [0, 0.1) is 0 Å². The third-order valence-corrected chi connectivity index (χ3v) is 11.9. The SMILES string of the molecule is c1ccc(-c2ccc(N(c3ccc(-c4cccc(-c5ccccc5)c4)cc3)c3ccc(-c4ccccc4-c4cccc5c4sc4ccccc45)cc3)cc2)cc1. The number of anilines is 3. The van der Waals surface area contributed by atoms with Gasteiger partial charge in [0.15, 0.2) is 0 Å². The maximum Gasteiger partial charge on any atom is 0.0462 e. The zero-order chi connectivity index (χ0) is 37.3. The number of thiophene rings is 1. The first-order valence-electron chi connectivity index (χ1n) is 19.1. The molecule has 9 aromatic carbocycles. The van der Waals surface area contributed by atoms with Crippen molar-refractivity contribution in [2.75, 3.05) is 4.90 Å². The summed E-state index contributed by atoms with van der Waals surface area (Å²) in [6.45, 7) is 0. The van der Waals surface area contributed by atoms with Gasteiger partial charge in [0.1, 0.15) is 0 Å². The molecule has 0 atom stereocenters. The minimum atomic E-state index is 1.10. The van der Waals surface area contributed by atoms with Gasteiger partial charge >= 0.3 is 0 Å². The predicted octanol–water partition coefficient (Wildman–Crippen LogP) is 15.9. The molecular weight excluding hydrogens is 695 g/mol. The first-order valence-corrected chi connectivity index (χ1v) is 19.9. The summed E-state index contributed by atoms with van der Waals surface area (Å²) in [5, 5.41) is 2.64. The molecule has 0 aliphatic heterocycles. The van der Waals surface area contributed by atoms with Gasteiger partial charge in [0.05, 0.1) is 0 Å². The quantitative estimate of drug-likeness (QED) is 0.150. The molecule has 0 N–H and O–H groups in total. The number of fused-ring (bicyclic) bond motifs is 3. The van der Waals surface area contributed by atoms with Crippen molar-refractivity contribution >= 4 is 48.6 Å². The zero-order valence-corrected chi connectivity index (χ0v) is 31.5. The second-order valence-electron chi connectivity index (χ2n) is 14.1. The van der Waals surface area contributed by atoms with Crippen LogP contribution in [0.4, 0.5) is 17.1 Å². The maximum atomic E-state index is 2.35. The Morgan fingerprint density at radius 2 is 0.679 bits per heavy atom. The Labute approximate surface area is 332 Å². The molecule has 2 heteroatoms. The van der Waals surface area contributed by atoms with Gasteiger partial charge in [-0.15, -0.1) is 11.3 Å². The summed E-state index contributed by atoms with van der Waals surface area (Å²) in [5.74, 6) is 0. The Kier molecular flexibility index (Phi) is 8.79. The topological polar surface area (TPSA) is 3.24 Å². The Morgan fingerprint density at radius 1 is 0.268 bits per heavy atom. The van der Waals surface area contributed by atoms with E-state index in [-0.39, 0.29) is 0 Å². The van der Waals surface area contributed by atoms with Gasteiger partial charge in [-0.1, -0.05) is 176 Å². The van der Waals surface area contributed by atoms with E-state index in [2.05, 4.69) is 229 Å². The van der Waals surface area contributed by atoms with Gasteiger partial charge in [-0.3, -0.25) is 0 Å². The standard InChI is InChI=1S/C54H37NS/c1-3-13-38(14-4-1)40-25-31-45(32-26-40)55(46-33-27-41(28-34-46)44-18-11-17-43(37-44)39-15-5-2-6-16-39)47-35-29-42(30-36-47)48-19-7-8-20-49(48)51-22-12-23-52-50-21-9-10-24-53(50)56-54(51)52/h1-37H. The third-order valence-electron chi connectivity index (χ3n) is 10.7. The highest BCUT2D eigenvalue weighted by Crippen LogP contribution is 2.44. The Bertz CT molecular complexity index is 2930. The normalized spacial score (nSPS) is 11.2. The van der Waals surface area contributed by atoms with Gasteiger partial charge in [0.2, 0.25) is 0 Å². The number of benzene rings is 9. The first-order chi connectivity index (χ1) is 27.8. The zero-order valence-electron chi connectivity index (χ0n) is 30.7. The lowest BCUT2D eigenvalue weighted by molar-refractivity contribution is 1.28. The lowest BCUT2D eigenvalue weighted by Gasteiger charge is -2.26. The summed E-state index contributed by atoms with van der Waals surface area (Å²) in [4.78, 5) is 2.35. The van der Waals surface area contributed by atoms with Crippen molar-refractivity contribution in [2.45, 2.75) is 0 Å². The third kappa shape index (κ3) is 6.36. The van der Waals surface area contributed by atoms with Crippen LogP contribution in [-0.2, 0) is 0 Å².